The highest BCUT2D eigenvalue weighted by Gasteiger charge is 2.37. The number of benzene rings is 1. The fourth-order valence-electron chi connectivity index (χ4n) is 4.82. The maximum atomic E-state index is 13.2. The average molecular weight is 401 g/mol. The van der Waals surface area contributed by atoms with E-state index in [9.17, 15) is 9.59 Å². The number of methoxy groups -OCH3 is 1. The molecule has 5 rings (SSSR count). The molecule has 2 aliphatic rings. The van der Waals surface area contributed by atoms with E-state index in [0.29, 0.717) is 30.9 Å². The van der Waals surface area contributed by atoms with Gasteiger partial charge in [0.25, 0.3) is 11.5 Å². The summed E-state index contributed by atoms with van der Waals surface area (Å²) in [5, 5.41) is 0. The van der Waals surface area contributed by atoms with Gasteiger partial charge in [-0.1, -0.05) is 18.2 Å². The third-order valence-corrected chi connectivity index (χ3v) is 6.18. The van der Waals surface area contributed by atoms with Crippen LogP contribution in [-0.2, 0) is 6.54 Å². The first kappa shape index (κ1) is 18.6. The monoisotopic (exact) mass is 401 g/mol. The normalized spacial score (nSPS) is 19.8. The van der Waals surface area contributed by atoms with E-state index in [0.717, 1.165) is 23.2 Å². The number of piperidine rings is 1. The molecule has 0 unspecified atom stereocenters. The molecule has 2 aromatic heterocycles. The first-order valence-corrected chi connectivity index (χ1v) is 10.2. The molecule has 2 atom stereocenters. The third kappa shape index (κ3) is 3.18. The molecule has 0 saturated carbocycles. The minimum absolute atomic E-state index is 0.0126. The molecule has 6 nitrogen and oxygen atoms in total. The SMILES string of the molecule is COc1ccccc1C(=O)N1C[C@@H]2C[C@H](C1)c1cc(-c3cccnc3)cc(=O)n1C2. The lowest BCUT2D eigenvalue weighted by molar-refractivity contribution is 0.0591. The number of rotatable bonds is 3. The number of hydrogen-bond donors (Lipinski definition) is 0. The summed E-state index contributed by atoms with van der Waals surface area (Å²) < 4.78 is 7.28. The number of fused-ring (bicyclic) bond motifs is 4. The fourth-order valence-corrected chi connectivity index (χ4v) is 4.82. The van der Waals surface area contributed by atoms with E-state index in [1.54, 1.807) is 25.6 Å². The van der Waals surface area contributed by atoms with Crippen LogP contribution in [0, 0.1) is 5.92 Å². The molecule has 30 heavy (non-hydrogen) atoms. The van der Waals surface area contributed by atoms with Gasteiger partial charge in [0.05, 0.1) is 12.7 Å². The molecule has 0 radical (unpaired) electrons. The van der Waals surface area contributed by atoms with Crippen molar-refractivity contribution >= 4 is 5.91 Å². The summed E-state index contributed by atoms with van der Waals surface area (Å²) in [5.74, 6) is 0.993. The van der Waals surface area contributed by atoms with Gasteiger partial charge in [-0.25, -0.2) is 0 Å². The molecule has 4 heterocycles. The summed E-state index contributed by atoms with van der Waals surface area (Å²) in [6.45, 7) is 1.90. The number of likely N-dealkylation sites (tertiary alicyclic amines) is 1. The van der Waals surface area contributed by atoms with Crippen molar-refractivity contribution in [1.82, 2.24) is 14.5 Å². The fraction of sp³-hybridized carbons (Fsp3) is 0.292. The maximum Gasteiger partial charge on any atom is 0.257 e. The smallest absolute Gasteiger partial charge is 0.257 e. The second-order valence-corrected chi connectivity index (χ2v) is 8.07. The number of amides is 1. The van der Waals surface area contributed by atoms with Crippen molar-refractivity contribution in [2.24, 2.45) is 5.92 Å². The Morgan fingerprint density at radius 2 is 1.93 bits per heavy atom. The van der Waals surface area contributed by atoms with E-state index in [2.05, 4.69) is 11.1 Å². The van der Waals surface area contributed by atoms with Crippen LogP contribution in [0.2, 0.25) is 0 Å². The van der Waals surface area contributed by atoms with Gasteiger partial charge in [0.2, 0.25) is 0 Å². The molecule has 0 spiro atoms. The van der Waals surface area contributed by atoms with Gasteiger partial charge in [0, 0.05) is 55.3 Å². The van der Waals surface area contributed by atoms with Crippen LogP contribution in [-0.4, -0.2) is 40.6 Å². The zero-order valence-electron chi connectivity index (χ0n) is 16.8. The zero-order valence-corrected chi connectivity index (χ0v) is 16.8. The lowest BCUT2D eigenvalue weighted by atomic mass is 9.82. The molecule has 1 aromatic carbocycles. The molecule has 1 fully saturated rings. The quantitative estimate of drug-likeness (QED) is 0.676. The summed E-state index contributed by atoms with van der Waals surface area (Å²) in [6, 6.07) is 15.0. The number of nitrogens with zero attached hydrogens (tertiary/aromatic N) is 3. The summed E-state index contributed by atoms with van der Waals surface area (Å²) in [7, 11) is 1.58. The molecule has 0 N–H and O–H groups in total. The van der Waals surface area contributed by atoms with E-state index >= 15 is 0 Å². The molecular weight excluding hydrogens is 378 g/mol. The number of hydrogen-bond acceptors (Lipinski definition) is 4. The Morgan fingerprint density at radius 3 is 2.73 bits per heavy atom. The van der Waals surface area contributed by atoms with Crippen LogP contribution in [0.3, 0.4) is 0 Å². The Labute approximate surface area is 174 Å². The van der Waals surface area contributed by atoms with Crippen molar-refractivity contribution in [2.45, 2.75) is 18.9 Å². The highest BCUT2D eigenvalue weighted by atomic mass is 16.5. The van der Waals surface area contributed by atoms with Crippen LogP contribution in [0.5, 0.6) is 5.75 Å². The topological polar surface area (TPSA) is 64.4 Å². The molecular formula is C24H23N3O3. The molecule has 2 bridgehead atoms. The van der Waals surface area contributed by atoms with Crippen LogP contribution >= 0.6 is 0 Å². The van der Waals surface area contributed by atoms with E-state index in [1.807, 2.05) is 45.9 Å². The lowest BCUT2D eigenvalue weighted by Crippen LogP contribution is -2.49. The van der Waals surface area contributed by atoms with Gasteiger partial charge in [0.15, 0.2) is 0 Å². The second kappa shape index (κ2) is 7.44. The number of carbonyl (C=O) groups is 1. The predicted molar refractivity (Wildman–Crippen MR) is 114 cm³/mol. The number of carbonyl (C=O) groups excluding carboxylic acids is 1. The molecule has 3 aromatic rings. The van der Waals surface area contributed by atoms with Gasteiger partial charge in [-0.3, -0.25) is 14.6 Å². The van der Waals surface area contributed by atoms with Crippen LogP contribution in [0.4, 0.5) is 0 Å². The average Bonchev–Trinajstić information content (AvgIpc) is 2.79. The Morgan fingerprint density at radius 1 is 1.07 bits per heavy atom. The Balaban J connectivity index is 1.49. The van der Waals surface area contributed by atoms with Crippen molar-refractivity contribution in [1.29, 1.82) is 0 Å². The van der Waals surface area contributed by atoms with Crippen LogP contribution in [0.15, 0.2) is 65.7 Å². The van der Waals surface area contributed by atoms with Crippen molar-refractivity contribution < 1.29 is 9.53 Å². The molecule has 0 aliphatic carbocycles. The van der Waals surface area contributed by atoms with Crippen LogP contribution in [0.1, 0.15) is 28.4 Å². The summed E-state index contributed by atoms with van der Waals surface area (Å²) in [6.07, 6.45) is 4.49. The van der Waals surface area contributed by atoms with Gasteiger partial charge in [0.1, 0.15) is 5.75 Å². The van der Waals surface area contributed by atoms with Crippen molar-refractivity contribution in [2.75, 3.05) is 20.2 Å². The van der Waals surface area contributed by atoms with Crippen LogP contribution in [0.25, 0.3) is 11.1 Å². The van der Waals surface area contributed by atoms with E-state index in [1.165, 1.54) is 0 Å². The van der Waals surface area contributed by atoms with Gasteiger partial charge in [-0.15, -0.1) is 0 Å². The highest BCUT2D eigenvalue weighted by molar-refractivity contribution is 5.97. The van der Waals surface area contributed by atoms with E-state index < -0.39 is 0 Å². The first-order valence-electron chi connectivity index (χ1n) is 10.2. The number of pyridine rings is 2. The zero-order chi connectivity index (χ0) is 20.7. The molecule has 1 saturated heterocycles. The number of para-hydroxylation sites is 1. The van der Waals surface area contributed by atoms with Gasteiger partial charge < -0.3 is 14.2 Å². The van der Waals surface area contributed by atoms with Crippen molar-refractivity contribution in [3.63, 3.8) is 0 Å². The van der Waals surface area contributed by atoms with Crippen molar-refractivity contribution in [3.8, 4) is 16.9 Å². The van der Waals surface area contributed by atoms with Gasteiger partial charge in [-0.05, 0) is 42.2 Å². The highest BCUT2D eigenvalue weighted by Crippen LogP contribution is 2.37. The van der Waals surface area contributed by atoms with E-state index in [-0.39, 0.29) is 23.3 Å². The second-order valence-electron chi connectivity index (χ2n) is 8.07. The first-order chi connectivity index (χ1) is 14.6. The minimum atomic E-state index is -0.0126. The van der Waals surface area contributed by atoms with Crippen molar-refractivity contribution in [3.05, 3.63) is 82.5 Å². The summed E-state index contributed by atoms with van der Waals surface area (Å²) in [4.78, 5) is 32.2. The summed E-state index contributed by atoms with van der Waals surface area (Å²) >= 11 is 0. The van der Waals surface area contributed by atoms with Gasteiger partial charge in [-0.2, -0.15) is 0 Å². The van der Waals surface area contributed by atoms with Gasteiger partial charge >= 0.3 is 0 Å². The third-order valence-electron chi connectivity index (χ3n) is 6.18. The molecule has 152 valence electrons. The Bertz CT molecular complexity index is 1160. The van der Waals surface area contributed by atoms with E-state index in [4.69, 9.17) is 4.74 Å². The largest absolute Gasteiger partial charge is 0.496 e. The predicted octanol–water partition coefficient (Wildman–Crippen LogP) is 3.18. The maximum absolute atomic E-state index is 13.2. The minimum Gasteiger partial charge on any atom is -0.496 e. The molecule has 6 heteroatoms. The molecule has 2 aliphatic heterocycles. The Kier molecular flexibility index (Phi) is 4.62. The number of ether oxygens (including phenoxy) is 1. The van der Waals surface area contributed by atoms with Crippen LogP contribution < -0.4 is 10.3 Å². The number of aromatic nitrogens is 2. The summed E-state index contributed by atoms with van der Waals surface area (Å²) in [5.41, 5.74) is 3.42. The standard InChI is InChI=1S/C24H23N3O3/c1-30-22-7-3-2-6-20(22)24(29)26-13-16-9-19(15-26)21-10-18(11-23(28)27(21)14-16)17-5-4-8-25-12-17/h2-8,10-12,16,19H,9,13-15H2,1H3/t16-,19+/m0/s1. The molecule has 1 amide bonds. The Hall–Kier alpha value is -3.41. The lowest BCUT2D eigenvalue weighted by Gasteiger charge is -2.43.